The Labute approximate surface area is 161 Å². The van der Waals surface area contributed by atoms with Gasteiger partial charge < -0.3 is 15.1 Å². The van der Waals surface area contributed by atoms with Crippen LogP contribution in [0.2, 0.25) is 0 Å². The number of hydrogen-bond acceptors (Lipinski definition) is 3. The number of aryl methyl sites for hydroxylation is 1. The number of carbonyl (C=O) groups excluding carboxylic acids is 2. The highest BCUT2D eigenvalue weighted by Gasteiger charge is 2.39. The first-order valence-electron chi connectivity index (χ1n) is 9.58. The minimum Gasteiger partial charge on any atom is -0.341 e. The third-order valence-corrected chi connectivity index (χ3v) is 5.97. The summed E-state index contributed by atoms with van der Waals surface area (Å²) in [5.74, 6) is 0.0435. The van der Waals surface area contributed by atoms with Crippen molar-refractivity contribution in [2.75, 3.05) is 24.5 Å². The monoisotopic (exact) mass is 377 g/mol. The van der Waals surface area contributed by atoms with Crippen molar-refractivity contribution in [3.63, 3.8) is 0 Å². The molecule has 5 nitrogen and oxygen atoms in total. The van der Waals surface area contributed by atoms with E-state index in [2.05, 4.69) is 18.3 Å². The smallest absolute Gasteiger partial charge is 0.228 e. The molecule has 2 bridgehead atoms. The van der Waals surface area contributed by atoms with E-state index in [4.69, 9.17) is 0 Å². The van der Waals surface area contributed by atoms with Gasteiger partial charge in [0.05, 0.1) is 5.92 Å². The first-order valence-corrected chi connectivity index (χ1v) is 9.58. The molecular weight excluding hydrogens is 350 g/mol. The standard InChI is InChI=1S/C20H27N3O2.ClH/c1-2-14-5-3-4-6-18(14)23-12-15(11-19(23)24)20(25)22-10-9-16-7-8-17(13-22)21-16;/h3-6,15-17,21H,2,7-13H2,1H3;1H. The van der Waals surface area contributed by atoms with Gasteiger partial charge in [-0.2, -0.15) is 0 Å². The number of fused-ring (bicyclic) bond motifs is 2. The molecule has 3 saturated heterocycles. The van der Waals surface area contributed by atoms with Crippen LogP contribution in [0, 0.1) is 5.92 Å². The van der Waals surface area contributed by atoms with E-state index >= 15 is 0 Å². The Kier molecular flexibility index (Phi) is 5.88. The van der Waals surface area contributed by atoms with Crippen LogP contribution in [0.4, 0.5) is 5.69 Å². The molecule has 0 spiro atoms. The van der Waals surface area contributed by atoms with Crippen LogP contribution in [-0.2, 0) is 16.0 Å². The number of amides is 2. The fourth-order valence-corrected chi connectivity index (χ4v) is 4.58. The topological polar surface area (TPSA) is 52.7 Å². The van der Waals surface area contributed by atoms with Crippen LogP contribution in [0.5, 0.6) is 0 Å². The van der Waals surface area contributed by atoms with Gasteiger partial charge >= 0.3 is 0 Å². The van der Waals surface area contributed by atoms with Crippen molar-refractivity contribution in [1.29, 1.82) is 0 Å². The number of benzene rings is 1. The third-order valence-electron chi connectivity index (χ3n) is 5.97. The molecule has 6 heteroatoms. The molecule has 0 radical (unpaired) electrons. The molecule has 0 aliphatic carbocycles. The lowest BCUT2D eigenvalue weighted by atomic mass is 10.0. The second-order valence-corrected chi connectivity index (χ2v) is 7.60. The second-order valence-electron chi connectivity index (χ2n) is 7.60. The molecule has 0 saturated carbocycles. The van der Waals surface area contributed by atoms with Gasteiger partial charge in [0, 0.05) is 43.8 Å². The molecular formula is C20H28ClN3O2. The zero-order valence-corrected chi connectivity index (χ0v) is 16.1. The van der Waals surface area contributed by atoms with E-state index in [0.717, 1.165) is 38.0 Å². The maximum atomic E-state index is 13.0. The van der Waals surface area contributed by atoms with E-state index in [1.54, 1.807) is 0 Å². The molecule has 3 atom stereocenters. The fourth-order valence-electron chi connectivity index (χ4n) is 4.58. The molecule has 142 valence electrons. The number of nitrogens with one attached hydrogen (secondary N) is 1. The van der Waals surface area contributed by atoms with Gasteiger partial charge in [-0.05, 0) is 37.3 Å². The van der Waals surface area contributed by atoms with E-state index in [9.17, 15) is 9.59 Å². The van der Waals surface area contributed by atoms with Gasteiger partial charge in [0.15, 0.2) is 0 Å². The summed E-state index contributed by atoms with van der Waals surface area (Å²) in [6.45, 7) is 4.24. The van der Waals surface area contributed by atoms with Gasteiger partial charge in [-0.25, -0.2) is 0 Å². The number of carbonyl (C=O) groups is 2. The van der Waals surface area contributed by atoms with Gasteiger partial charge in [0.1, 0.15) is 0 Å². The summed E-state index contributed by atoms with van der Waals surface area (Å²) in [7, 11) is 0. The van der Waals surface area contributed by atoms with Crippen molar-refractivity contribution < 1.29 is 9.59 Å². The van der Waals surface area contributed by atoms with Crippen molar-refractivity contribution in [3.8, 4) is 0 Å². The molecule has 3 aliphatic heterocycles. The summed E-state index contributed by atoms with van der Waals surface area (Å²) >= 11 is 0. The minimum absolute atomic E-state index is 0. The number of para-hydroxylation sites is 1. The van der Waals surface area contributed by atoms with Crippen LogP contribution in [0.3, 0.4) is 0 Å². The molecule has 1 aromatic rings. The highest BCUT2D eigenvalue weighted by atomic mass is 35.5. The Morgan fingerprint density at radius 3 is 2.73 bits per heavy atom. The Bertz CT molecular complexity index is 681. The predicted octanol–water partition coefficient (Wildman–Crippen LogP) is 2.38. The average Bonchev–Trinajstić information content (AvgIpc) is 3.16. The SMILES string of the molecule is CCc1ccccc1N1CC(C(=O)N2CCC3CCC(C2)N3)CC1=O.Cl. The highest BCUT2D eigenvalue weighted by molar-refractivity contribution is 6.00. The summed E-state index contributed by atoms with van der Waals surface area (Å²) < 4.78 is 0. The molecule has 1 N–H and O–H groups in total. The quantitative estimate of drug-likeness (QED) is 0.879. The number of nitrogens with zero attached hydrogens (tertiary/aromatic N) is 2. The first-order chi connectivity index (χ1) is 12.2. The predicted molar refractivity (Wildman–Crippen MR) is 105 cm³/mol. The van der Waals surface area contributed by atoms with Crippen LogP contribution in [0.1, 0.15) is 38.2 Å². The van der Waals surface area contributed by atoms with Gasteiger partial charge in [-0.15, -0.1) is 12.4 Å². The van der Waals surface area contributed by atoms with Crippen LogP contribution in [-0.4, -0.2) is 48.4 Å². The summed E-state index contributed by atoms with van der Waals surface area (Å²) in [5.41, 5.74) is 2.14. The first kappa shape index (κ1) is 19.2. The Hall–Kier alpha value is -1.59. The van der Waals surface area contributed by atoms with E-state index in [0.29, 0.717) is 25.0 Å². The molecule has 3 fully saturated rings. The summed E-state index contributed by atoms with van der Waals surface area (Å²) in [6, 6.07) is 9.04. The molecule has 4 rings (SSSR count). The molecule has 1 aromatic carbocycles. The van der Waals surface area contributed by atoms with Crippen molar-refractivity contribution in [3.05, 3.63) is 29.8 Å². The molecule has 3 unspecified atom stereocenters. The number of rotatable bonds is 3. The average molecular weight is 378 g/mol. The van der Waals surface area contributed by atoms with E-state index in [1.807, 2.05) is 28.0 Å². The van der Waals surface area contributed by atoms with Gasteiger partial charge in [-0.1, -0.05) is 25.1 Å². The van der Waals surface area contributed by atoms with Crippen LogP contribution in [0.15, 0.2) is 24.3 Å². The molecule has 3 aliphatic rings. The number of halogens is 1. The lowest BCUT2D eigenvalue weighted by Crippen LogP contribution is -2.42. The Morgan fingerprint density at radius 1 is 1.15 bits per heavy atom. The zero-order valence-electron chi connectivity index (χ0n) is 15.3. The van der Waals surface area contributed by atoms with Crippen molar-refractivity contribution in [2.24, 2.45) is 5.92 Å². The van der Waals surface area contributed by atoms with Gasteiger partial charge in [0.2, 0.25) is 11.8 Å². The number of hydrogen-bond donors (Lipinski definition) is 1. The van der Waals surface area contributed by atoms with Gasteiger partial charge in [0.25, 0.3) is 0 Å². The maximum Gasteiger partial charge on any atom is 0.228 e. The Balaban J connectivity index is 0.00000196. The van der Waals surface area contributed by atoms with Crippen LogP contribution in [0.25, 0.3) is 0 Å². The van der Waals surface area contributed by atoms with Crippen molar-refractivity contribution in [2.45, 2.75) is 51.1 Å². The normalized spacial score (nSPS) is 28.0. The maximum absolute atomic E-state index is 13.0. The van der Waals surface area contributed by atoms with Crippen molar-refractivity contribution >= 4 is 29.9 Å². The lowest BCUT2D eigenvalue weighted by Gasteiger charge is -2.27. The largest absolute Gasteiger partial charge is 0.341 e. The number of anilines is 1. The van der Waals surface area contributed by atoms with E-state index in [-0.39, 0.29) is 30.1 Å². The summed E-state index contributed by atoms with van der Waals surface area (Å²) in [6.07, 6.45) is 4.66. The van der Waals surface area contributed by atoms with Crippen LogP contribution >= 0.6 is 12.4 Å². The molecule has 2 amide bonds. The summed E-state index contributed by atoms with van der Waals surface area (Å²) in [5, 5.41) is 3.62. The van der Waals surface area contributed by atoms with E-state index < -0.39 is 0 Å². The zero-order chi connectivity index (χ0) is 17.4. The molecule has 3 heterocycles. The van der Waals surface area contributed by atoms with Crippen LogP contribution < -0.4 is 10.2 Å². The second kappa shape index (κ2) is 7.97. The number of likely N-dealkylation sites (tertiary alicyclic amines) is 1. The lowest BCUT2D eigenvalue weighted by molar-refractivity contribution is -0.136. The third kappa shape index (κ3) is 3.60. The highest BCUT2D eigenvalue weighted by Crippen LogP contribution is 2.30. The van der Waals surface area contributed by atoms with E-state index in [1.165, 1.54) is 12.0 Å². The molecule has 26 heavy (non-hydrogen) atoms. The Morgan fingerprint density at radius 2 is 1.92 bits per heavy atom. The van der Waals surface area contributed by atoms with Gasteiger partial charge in [-0.3, -0.25) is 9.59 Å². The van der Waals surface area contributed by atoms with Crippen molar-refractivity contribution in [1.82, 2.24) is 10.2 Å². The summed E-state index contributed by atoms with van der Waals surface area (Å²) in [4.78, 5) is 29.4. The molecule has 0 aromatic heterocycles. The fraction of sp³-hybridized carbons (Fsp3) is 0.600. The minimum atomic E-state index is -0.200.